The summed E-state index contributed by atoms with van der Waals surface area (Å²) in [5.41, 5.74) is 9.85. The third kappa shape index (κ3) is 4.57. The molecule has 0 atom stereocenters. The topological polar surface area (TPSA) is 16.4 Å². The van der Waals surface area contributed by atoms with Crippen molar-refractivity contribution in [1.29, 1.82) is 0 Å². The smallest absolute Gasteiger partial charge is 0.137 e. The van der Waals surface area contributed by atoms with Crippen molar-refractivity contribution in [3.63, 3.8) is 0 Å². The molecule has 0 fully saturated rings. The number of fused-ring (bicyclic) bond motifs is 7. The molecule has 0 aliphatic rings. The fraction of sp³-hybridized carbons (Fsp3) is 0. The maximum Gasteiger partial charge on any atom is 0.137 e. The molecule has 0 saturated carbocycles. The summed E-state index contributed by atoms with van der Waals surface area (Å²) in [6.07, 6.45) is 0. The van der Waals surface area contributed by atoms with Crippen LogP contribution in [0.3, 0.4) is 0 Å². The first kappa shape index (κ1) is 28.4. The van der Waals surface area contributed by atoms with Crippen molar-refractivity contribution in [2.75, 3.05) is 4.90 Å². The first-order chi connectivity index (χ1) is 24.8. The summed E-state index contributed by atoms with van der Waals surface area (Å²) >= 11 is 0. The van der Waals surface area contributed by atoms with E-state index in [-0.39, 0.29) is 0 Å². The Balaban J connectivity index is 1.14. The highest BCUT2D eigenvalue weighted by atomic mass is 16.3. The minimum absolute atomic E-state index is 0.875. The monoisotopic (exact) mass is 637 g/mol. The summed E-state index contributed by atoms with van der Waals surface area (Å²) < 4.78 is 6.36. The van der Waals surface area contributed by atoms with Gasteiger partial charge in [-0.3, -0.25) is 0 Å². The van der Waals surface area contributed by atoms with Crippen molar-refractivity contribution >= 4 is 71.3 Å². The predicted molar refractivity (Wildman–Crippen MR) is 212 cm³/mol. The Bertz CT molecular complexity index is 2860. The highest BCUT2D eigenvalue weighted by Gasteiger charge is 2.20. The van der Waals surface area contributed by atoms with E-state index < -0.39 is 0 Å². The number of rotatable bonds is 5. The molecule has 9 aromatic carbocycles. The van der Waals surface area contributed by atoms with Gasteiger partial charge in [0.25, 0.3) is 0 Å². The molecule has 0 spiro atoms. The average Bonchev–Trinajstić information content (AvgIpc) is 3.58. The van der Waals surface area contributed by atoms with Crippen LogP contribution in [-0.4, -0.2) is 0 Å². The summed E-state index contributed by atoms with van der Waals surface area (Å²) in [5, 5.41) is 9.77. The number of hydrogen-bond donors (Lipinski definition) is 0. The predicted octanol–water partition coefficient (Wildman–Crippen LogP) is 13.8. The van der Waals surface area contributed by atoms with E-state index in [1.807, 2.05) is 12.1 Å². The lowest BCUT2D eigenvalue weighted by Gasteiger charge is -2.27. The molecule has 10 rings (SSSR count). The number of para-hydroxylation sites is 1. The molecular formula is C48H31NO. The molecule has 10 aromatic rings. The van der Waals surface area contributed by atoms with Crippen molar-refractivity contribution in [3.8, 4) is 22.3 Å². The van der Waals surface area contributed by atoms with Gasteiger partial charge in [-0.2, -0.15) is 0 Å². The zero-order valence-corrected chi connectivity index (χ0v) is 27.3. The van der Waals surface area contributed by atoms with Gasteiger partial charge in [-0.25, -0.2) is 0 Å². The van der Waals surface area contributed by atoms with Crippen LogP contribution in [0.5, 0.6) is 0 Å². The van der Waals surface area contributed by atoms with Gasteiger partial charge in [0.2, 0.25) is 0 Å². The van der Waals surface area contributed by atoms with Crippen molar-refractivity contribution in [1.82, 2.24) is 0 Å². The molecule has 1 heterocycles. The Morgan fingerprint density at radius 3 is 1.64 bits per heavy atom. The highest BCUT2D eigenvalue weighted by Crippen LogP contribution is 2.44. The molecule has 234 valence electrons. The van der Waals surface area contributed by atoms with Gasteiger partial charge in [0, 0.05) is 16.8 Å². The second kappa shape index (κ2) is 11.5. The molecule has 0 N–H and O–H groups in total. The molecule has 0 unspecified atom stereocenters. The zero-order chi connectivity index (χ0) is 33.0. The number of furan rings is 1. The summed E-state index contributed by atoms with van der Waals surface area (Å²) in [6, 6.07) is 67.5. The normalized spacial score (nSPS) is 11.6. The molecule has 1 aromatic heterocycles. The quantitative estimate of drug-likeness (QED) is 0.175. The van der Waals surface area contributed by atoms with E-state index in [2.05, 4.69) is 181 Å². The standard InChI is InChI=1S/C48H31NO/c1-3-14-38-32(11-1)13-9-19-39(38)33-23-27-36(28-24-33)49(45-20-10-22-47-48(45)43-18-7-8-21-46(43)50-47)37-29-25-34(26-30-37)44-31-35-12-2-4-15-40(35)41-16-5-6-17-42(41)44/h1-31H. The summed E-state index contributed by atoms with van der Waals surface area (Å²) in [5.74, 6) is 0. The first-order valence-electron chi connectivity index (χ1n) is 17.1. The van der Waals surface area contributed by atoms with Crippen molar-refractivity contribution in [2.45, 2.75) is 0 Å². The third-order valence-electron chi connectivity index (χ3n) is 10.1. The van der Waals surface area contributed by atoms with E-state index >= 15 is 0 Å². The summed E-state index contributed by atoms with van der Waals surface area (Å²) in [4.78, 5) is 2.36. The van der Waals surface area contributed by atoms with Crippen molar-refractivity contribution in [3.05, 3.63) is 188 Å². The van der Waals surface area contributed by atoms with E-state index in [1.165, 1.54) is 54.6 Å². The van der Waals surface area contributed by atoms with E-state index in [4.69, 9.17) is 4.42 Å². The second-order valence-electron chi connectivity index (χ2n) is 12.9. The van der Waals surface area contributed by atoms with E-state index in [0.717, 1.165) is 39.0 Å². The first-order valence-corrected chi connectivity index (χ1v) is 17.1. The third-order valence-corrected chi connectivity index (χ3v) is 10.1. The van der Waals surface area contributed by atoms with Gasteiger partial charge < -0.3 is 9.32 Å². The molecule has 0 bridgehead atoms. The van der Waals surface area contributed by atoms with E-state index in [0.29, 0.717) is 0 Å². The zero-order valence-electron chi connectivity index (χ0n) is 27.3. The van der Waals surface area contributed by atoms with Crippen molar-refractivity contribution in [2.24, 2.45) is 0 Å². The van der Waals surface area contributed by atoms with E-state index in [1.54, 1.807) is 0 Å². The molecule has 50 heavy (non-hydrogen) atoms. The Morgan fingerprint density at radius 1 is 0.340 bits per heavy atom. The van der Waals surface area contributed by atoms with Crippen LogP contribution in [0.2, 0.25) is 0 Å². The molecule has 0 aliphatic carbocycles. The van der Waals surface area contributed by atoms with Gasteiger partial charge >= 0.3 is 0 Å². The maximum atomic E-state index is 6.36. The van der Waals surface area contributed by atoms with Gasteiger partial charge in [-0.15, -0.1) is 0 Å². The van der Waals surface area contributed by atoms with Crippen molar-refractivity contribution < 1.29 is 4.42 Å². The number of nitrogens with zero attached hydrogens (tertiary/aromatic N) is 1. The van der Waals surface area contributed by atoms with Gasteiger partial charge in [-0.05, 0) is 103 Å². The van der Waals surface area contributed by atoms with Crippen LogP contribution >= 0.6 is 0 Å². The van der Waals surface area contributed by atoms with Crippen LogP contribution in [0.15, 0.2) is 192 Å². The molecular weight excluding hydrogens is 607 g/mol. The number of hydrogen-bond acceptors (Lipinski definition) is 2. The second-order valence-corrected chi connectivity index (χ2v) is 12.9. The Hall–Kier alpha value is -6.64. The molecule has 2 nitrogen and oxygen atoms in total. The summed E-state index contributed by atoms with van der Waals surface area (Å²) in [6.45, 7) is 0. The van der Waals surface area contributed by atoms with Gasteiger partial charge in [-0.1, -0.05) is 140 Å². The lowest BCUT2D eigenvalue weighted by molar-refractivity contribution is 0.669. The van der Waals surface area contributed by atoms with Crippen LogP contribution in [0.25, 0.3) is 76.5 Å². The largest absolute Gasteiger partial charge is 0.456 e. The molecule has 0 amide bonds. The Kier molecular flexibility index (Phi) is 6.53. The highest BCUT2D eigenvalue weighted by molar-refractivity contribution is 6.15. The van der Waals surface area contributed by atoms with Gasteiger partial charge in [0.05, 0.1) is 11.1 Å². The van der Waals surface area contributed by atoms with Crippen LogP contribution < -0.4 is 4.90 Å². The SMILES string of the molecule is c1ccc2c(-c3ccc(N(c4ccc(-c5cc6ccccc6c6ccccc56)cc4)c4cccc5oc6ccccc6c45)cc3)cccc2c1. The van der Waals surface area contributed by atoms with Gasteiger partial charge in [0.15, 0.2) is 0 Å². The fourth-order valence-corrected chi connectivity index (χ4v) is 7.72. The number of benzene rings is 9. The van der Waals surface area contributed by atoms with Gasteiger partial charge in [0.1, 0.15) is 11.2 Å². The lowest BCUT2D eigenvalue weighted by Crippen LogP contribution is -2.10. The summed E-state index contributed by atoms with van der Waals surface area (Å²) in [7, 11) is 0. The maximum absolute atomic E-state index is 6.36. The van der Waals surface area contributed by atoms with Crippen LogP contribution in [-0.2, 0) is 0 Å². The molecule has 0 saturated heterocycles. The van der Waals surface area contributed by atoms with Crippen LogP contribution in [0, 0.1) is 0 Å². The average molecular weight is 638 g/mol. The lowest BCUT2D eigenvalue weighted by atomic mass is 9.93. The van der Waals surface area contributed by atoms with Crippen LogP contribution in [0.1, 0.15) is 0 Å². The van der Waals surface area contributed by atoms with Crippen LogP contribution in [0.4, 0.5) is 17.1 Å². The number of anilines is 3. The van der Waals surface area contributed by atoms with E-state index in [9.17, 15) is 0 Å². The fourth-order valence-electron chi connectivity index (χ4n) is 7.72. The molecule has 0 aliphatic heterocycles. The molecule has 2 heteroatoms. The molecule has 0 radical (unpaired) electrons. The minimum Gasteiger partial charge on any atom is -0.456 e. The Labute approximate surface area is 290 Å². The minimum atomic E-state index is 0.875. The Morgan fingerprint density at radius 2 is 0.880 bits per heavy atom.